The van der Waals surface area contributed by atoms with Crippen LogP contribution in [-0.2, 0) is 4.79 Å². The molecule has 110 valence electrons. The average Bonchev–Trinajstić information content (AvgIpc) is 2.50. The lowest BCUT2D eigenvalue weighted by Gasteiger charge is -2.08. The third-order valence-corrected chi connectivity index (χ3v) is 3.53. The molecular weight excluding hydrogens is 248 g/mol. The second-order valence-corrected chi connectivity index (χ2v) is 5.07. The van der Waals surface area contributed by atoms with Crippen LogP contribution in [0.1, 0.15) is 57.4 Å². The predicted molar refractivity (Wildman–Crippen MR) is 85.0 cm³/mol. The number of unbranched alkanes of at least 4 members (excludes halogenated alkanes) is 5. The minimum Gasteiger partial charge on any atom is -0.497 e. The number of carbonyl (C=O) groups is 1. The molecule has 0 fully saturated rings. The molecular formula is C18H26O2. The molecule has 2 nitrogen and oxygen atoms in total. The van der Waals surface area contributed by atoms with Crippen molar-refractivity contribution in [1.82, 2.24) is 0 Å². The molecule has 0 aliphatic rings. The Morgan fingerprint density at radius 1 is 1.05 bits per heavy atom. The highest BCUT2D eigenvalue weighted by atomic mass is 16.5. The van der Waals surface area contributed by atoms with Gasteiger partial charge in [0.1, 0.15) is 12.0 Å². The minimum absolute atomic E-state index is 0.846. The molecule has 0 unspecified atom stereocenters. The van der Waals surface area contributed by atoms with Crippen LogP contribution < -0.4 is 4.74 Å². The third-order valence-electron chi connectivity index (χ3n) is 3.53. The Bertz CT molecular complexity index is 404. The Morgan fingerprint density at radius 2 is 1.70 bits per heavy atom. The summed E-state index contributed by atoms with van der Waals surface area (Å²) in [5, 5.41) is 0. The zero-order valence-corrected chi connectivity index (χ0v) is 12.7. The Kier molecular flexibility index (Phi) is 8.44. The molecule has 0 amide bonds. The second-order valence-electron chi connectivity index (χ2n) is 5.07. The van der Waals surface area contributed by atoms with Crippen molar-refractivity contribution < 1.29 is 9.53 Å². The molecule has 1 aromatic rings. The highest BCUT2D eigenvalue weighted by Crippen LogP contribution is 2.23. The van der Waals surface area contributed by atoms with Crippen LogP contribution in [0.15, 0.2) is 30.3 Å². The molecule has 0 aliphatic carbocycles. The number of ether oxygens (including phenoxy) is 1. The zero-order chi connectivity index (χ0) is 14.6. The first kappa shape index (κ1) is 16.5. The van der Waals surface area contributed by atoms with E-state index in [4.69, 9.17) is 4.74 Å². The predicted octanol–water partition coefficient (Wildman–Crippen LogP) is 5.03. The summed E-state index contributed by atoms with van der Waals surface area (Å²) >= 11 is 0. The zero-order valence-electron chi connectivity index (χ0n) is 12.7. The lowest BCUT2D eigenvalue weighted by molar-refractivity contribution is -0.104. The van der Waals surface area contributed by atoms with E-state index >= 15 is 0 Å². The van der Waals surface area contributed by atoms with E-state index in [0.717, 1.165) is 36.0 Å². The van der Waals surface area contributed by atoms with Gasteiger partial charge in [0.2, 0.25) is 0 Å². The van der Waals surface area contributed by atoms with E-state index in [1.807, 2.05) is 24.3 Å². The summed E-state index contributed by atoms with van der Waals surface area (Å²) < 4.78 is 5.16. The molecule has 0 spiro atoms. The lowest BCUT2D eigenvalue weighted by atomic mass is 9.98. The van der Waals surface area contributed by atoms with Gasteiger partial charge in [-0.3, -0.25) is 4.79 Å². The van der Waals surface area contributed by atoms with E-state index in [1.165, 1.54) is 32.1 Å². The summed E-state index contributed by atoms with van der Waals surface area (Å²) in [6.07, 6.45) is 11.2. The van der Waals surface area contributed by atoms with Crippen molar-refractivity contribution in [2.45, 2.75) is 51.9 Å². The molecule has 0 aliphatic heterocycles. The van der Waals surface area contributed by atoms with Crippen LogP contribution in [0.25, 0.3) is 5.57 Å². The fourth-order valence-electron chi connectivity index (χ4n) is 2.31. The maximum Gasteiger partial charge on any atom is 0.143 e. The van der Waals surface area contributed by atoms with Gasteiger partial charge in [0.15, 0.2) is 0 Å². The highest BCUT2D eigenvalue weighted by Gasteiger charge is 2.02. The summed E-state index contributed by atoms with van der Waals surface area (Å²) in [6.45, 7) is 2.23. The van der Waals surface area contributed by atoms with Crippen molar-refractivity contribution in [2.75, 3.05) is 7.11 Å². The maximum absolute atomic E-state index is 10.8. The van der Waals surface area contributed by atoms with Crippen molar-refractivity contribution in [3.05, 3.63) is 35.9 Å². The Hall–Kier alpha value is -1.57. The van der Waals surface area contributed by atoms with Gasteiger partial charge in [-0.05, 0) is 42.2 Å². The smallest absolute Gasteiger partial charge is 0.143 e. The molecule has 0 aromatic heterocycles. The van der Waals surface area contributed by atoms with Gasteiger partial charge in [-0.1, -0.05) is 51.2 Å². The van der Waals surface area contributed by atoms with Crippen LogP contribution in [0.3, 0.4) is 0 Å². The second kappa shape index (κ2) is 10.2. The summed E-state index contributed by atoms with van der Waals surface area (Å²) in [5.41, 5.74) is 2.24. The summed E-state index contributed by atoms with van der Waals surface area (Å²) in [6, 6.07) is 7.92. The number of rotatable bonds is 10. The average molecular weight is 274 g/mol. The van der Waals surface area contributed by atoms with Crippen LogP contribution >= 0.6 is 0 Å². The normalized spacial score (nSPS) is 11.4. The lowest BCUT2D eigenvalue weighted by Crippen LogP contribution is -1.89. The Morgan fingerprint density at radius 3 is 2.30 bits per heavy atom. The van der Waals surface area contributed by atoms with E-state index in [2.05, 4.69) is 6.92 Å². The number of hydrogen-bond donors (Lipinski definition) is 0. The SMILES string of the molecule is CCCCCCCC/C(=C\C=O)c1ccc(OC)cc1. The number of hydrogen-bond acceptors (Lipinski definition) is 2. The third kappa shape index (κ3) is 6.05. The monoisotopic (exact) mass is 274 g/mol. The maximum atomic E-state index is 10.8. The van der Waals surface area contributed by atoms with Crippen molar-refractivity contribution >= 4 is 11.9 Å². The standard InChI is InChI=1S/C18H26O2/c1-3-4-5-6-7-8-9-16(14-15-19)17-10-12-18(20-2)13-11-17/h10-15H,3-9H2,1-2H3/b16-14+. The van der Waals surface area contributed by atoms with E-state index in [1.54, 1.807) is 13.2 Å². The van der Waals surface area contributed by atoms with Gasteiger partial charge >= 0.3 is 0 Å². The number of methoxy groups -OCH3 is 1. The first-order valence-electron chi connectivity index (χ1n) is 7.60. The molecule has 20 heavy (non-hydrogen) atoms. The fourth-order valence-corrected chi connectivity index (χ4v) is 2.31. The summed E-state index contributed by atoms with van der Waals surface area (Å²) in [7, 11) is 1.66. The Balaban J connectivity index is 2.47. The molecule has 1 rings (SSSR count). The van der Waals surface area contributed by atoms with Gasteiger partial charge in [0.05, 0.1) is 7.11 Å². The molecule has 0 saturated heterocycles. The van der Waals surface area contributed by atoms with Gasteiger partial charge in [0.25, 0.3) is 0 Å². The van der Waals surface area contributed by atoms with E-state index in [0.29, 0.717) is 0 Å². The first-order valence-corrected chi connectivity index (χ1v) is 7.60. The highest BCUT2D eigenvalue weighted by molar-refractivity contribution is 5.81. The number of benzene rings is 1. The van der Waals surface area contributed by atoms with Gasteiger partial charge < -0.3 is 4.74 Å². The van der Waals surface area contributed by atoms with Crippen LogP contribution in [0.2, 0.25) is 0 Å². The largest absolute Gasteiger partial charge is 0.497 e. The van der Waals surface area contributed by atoms with Gasteiger partial charge in [-0.25, -0.2) is 0 Å². The van der Waals surface area contributed by atoms with E-state index in [-0.39, 0.29) is 0 Å². The molecule has 0 bridgehead atoms. The van der Waals surface area contributed by atoms with Crippen molar-refractivity contribution in [3.63, 3.8) is 0 Å². The Labute approximate surface area is 122 Å². The minimum atomic E-state index is 0.846. The van der Waals surface area contributed by atoms with Crippen LogP contribution in [-0.4, -0.2) is 13.4 Å². The molecule has 1 aromatic carbocycles. The van der Waals surface area contributed by atoms with Gasteiger partial charge in [-0.2, -0.15) is 0 Å². The molecule has 0 heterocycles. The topological polar surface area (TPSA) is 26.3 Å². The first-order chi connectivity index (χ1) is 9.81. The van der Waals surface area contributed by atoms with E-state index in [9.17, 15) is 4.79 Å². The van der Waals surface area contributed by atoms with Crippen molar-refractivity contribution in [2.24, 2.45) is 0 Å². The van der Waals surface area contributed by atoms with Crippen LogP contribution in [0.5, 0.6) is 5.75 Å². The number of carbonyl (C=O) groups excluding carboxylic acids is 1. The number of aldehydes is 1. The molecule has 0 radical (unpaired) electrons. The van der Waals surface area contributed by atoms with E-state index < -0.39 is 0 Å². The number of allylic oxidation sites excluding steroid dienone is 2. The molecule has 0 N–H and O–H groups in total. The van der Waals surface area contributed by atoms with Crippen molar-refractivity contribution in [1.29, 1.82) is 0 Å². The molecule has 2 heteroatoms. The molecule has 0 atom stereocenters. The van der Waals surface area contributed by atoms with Gasteiger partial charge in [0, 0.05) is 0 Å². The molecule has 0 saturated carbocycles. The summed E-state index contributed by atoms with van der Waals surface area (Å²) in [5.74, 6) is 0.846. The summed E-state index contributed by atoms with van der Waals surface area (Å²) in [4.78, 5) is 10.8. The van der Waals surface area contributed by atoms with Crippen LogP contribution in [0.4, 0.5) is 0 Å². The van der Waals surface area contributed by atoms with Gasteiger partial charge in [-0.15, -0.1) is 0 Å². The quantitative estimate of drug-likeness (QED) is 0.340. The van der Waals surface area contributed by atoms with Crippen LogP contribution in [0, 0.1) is 0 Å². The fraction of sp³-hybridized carbons (Fsp3) is 0.500. The van der Waals surface area contributed by atoms with Crippen molar-refractivity contribution in [3.8, 4) is 5.75 Å².